The summed E-state index contributed by atoms with van der Waals surface area (Å²) in [4.78, 5) is 10.7. The lowest BCUT2D eigenvalue weighted by Gasteiger charge is -2.14. The van der Waals surface area contributed by atoms with E-state index in [-0.39, 0.29) is 0 Å². The van der Waals surface area contributed by atoms with Gasteiger partial charge in [-0.05, 0) is 89.5 Å². The van der Waals surface area contributed by atoms with Gasteiger partial charge in [0.05, 0.1) is 33.5 Å². The van der Waals surface area contributed by atoms with Crippen molar-refractivity contribution in [3.63, 3.8) is 0 Å². The molecule has 0 unspecified atom stereocenters. The number of nitrogens with zero attached hydrogens (tertiary/aromatic N) is 7. The van der Waals surface area contributed by atoms with Crippen molar-refractivity contribution >= 4 is 49.7 Å². The first-order valence-electron chi connectivity index (χ1n) is 24.4. The van der Waals surface area contributed by atoms with Crippen LogP contribution >= 0.6 is 0 Å². The molecule has 8 aromatic carbocycles. The van der Waals surface area contributed by atoms with Gasteiger partial charge in [0.1, 0.15) is 11.6 Å². The molecule has 5 heterocycles. The number of hydrogen-bond acceptors (Lipinski definition) is 4. The van der Waals surface area contributed by atoms with E-state index in [1.54, 1.807) is 6.08 Å². The molecule has 0 fully saturated rings. The van der Waals surface area contributed by atoms with E-state index < -0.39 is 0 Å². The van der Waals surface area contributed by atoms with Gasteiger partial charge in [-0.3, -0.25) is 13.7 Å². The fraction of sp³-hybridized carbons (Fsp3) is 0. The van der Waals surface area contributed by atoms with Crippen LogP contribution < -0.4 is 0 Å². The van der Waals surface area contributed by atoms with Gasteiger partial charge in [-0.2, -0.15) is 0 Å². The first-order chi connectivity index (χ1) is 36.2. The molecule has 73 heavy (non-hydrogen) atoms. The van der Waals surface area contributed by atoms with Gasteiger partial charge in [-0.1, -0.05) is 195 Å². The number of aromatic nitrogens is 7. The maximum Gasteiger partial charge on any atom is 0.168 e. The monoisotopic (exact) mass is 935 g/mol. The molecule has 13 rings (SSSR count). The third-order valence-electron chi connectivity index (χ3n) is 13.5. The number of benzene rings is 8. The van der Waals surface area contributed by atoms with Gasteiger partial charge < -0.3 is 0 Å². The van der Waals surface area contributed by atoms with Crippen LogP contribution in [0.25, 0.3) is 123 Å². The molecule has 7 nitrogen and oxygen atoms in total. The van der Waals surface area contributed by atoms with Crippen molar-refractivity contribution in [1.82, 2.24) is 33.9 Å². The second-order valence-electron chi connectivity index (χ2n) is 18.0. The summed E-state index contributed by atoms with van der Waals surface area (Å²) in [6.07, 6.45) is 9.83. The molecule has 0 saturated heterocycles. The lowest BCUT2D eigenvalue weighted by Crippen LogP contribution is -2.02. The van der Waals surface area contributed by atoms with Gasteiger partial charge in [0.15, 0.2) is 11.6 Å². The minimum absolute atomic E-state index is 0.726. The molecule has 5 aromatic heterocycles. The fourth-order valence-corrected chi connectivity index (χ4v) is 10.2. The minimum Gasteiger partial charge on any atom is -0.294 e. The Morgan fingerprint density at radius 1 is 0.329 bits per heavy atom. The molecule has 0 atom stereocenters. The van der Waals surface area contributed by atoms with Crippen LogP contribution in [0.5, 0.6) is 0 Å². The zero-order chi connectivity index (χ0) is 48.7. The number of para-hydroxylation sites is 3. The van der Waals surface area contributed by atoms with Crippen molar-refractivity contribution in [3.8, 4) is 73.7 Å². The summed E-state index contributed by atoms with van der Waals surface area (Å²) in [7, 11) is 0. The van der Waals surface area contributed by atoms with Crippen LogP contribution in [0.3, 0.4) is 0 Å². The van der Waals surface area contributed by atoms with Crippen molar-refractivity contribution in [3.05, 3.63) is 267 Å². The molecule has 0 saturated carbocycles. The molecule has 0 radical (unpaired) electrons. The maximum absolute atomic E-state index is 5.41. The van der Waals surface area contributed by atoms with Crippen LogP contribution in [0.4, 0.5) is 0 Å². The average Bonchev–Trinajstić information content (AvgIpc) is 4.15. The number of hydrogen-bond donors (Lipinski definition) is 0. The van der Waals surface area contributed by atoms with E-state index in [0.717, 1.165) is 123 Å². The molecular weight excluding hydrogens is 891 g/mol. The fourth-order valence-electron chi connectivity index (χ4n) is 10.2. The Balaban J connectivity index is 0.984. The summed E-state index contributed by atoms with van der Waals surface area (Å²) in [6, 6.07) is 80.7. The van der Waals surface area contributed by atoms with E-state index in [4.69, 9.17) is 20.2 Å². The van der Waals surface area contributed by atoms with Crippen molar-refractivity contribution in [2.45, 2.75) is 0 Å². The Morgan fingerprint density at radius 2 is 0.836 bits per heavy atom. The highest BCUT2D eigenvalue weighted by Gasteiger charge is 2.23. The van der Waals surface area contributed by atoms with Gasteiger partial charge in [0.2, 0.25) is 0 Å². The summed E-state index contributed by atoms with van der Waals surface area (Å²) in [5.74, 6) is 3.11. The molecule has 0 spiro atoms. The third-order valence-corrected chi connectivity index (χ3v) is 13.5. The average molecular weight is 936 g/mol. The zero-order valence-corrected chi connectivity index (χ0v) is 39.7. The van der Waals surface area contributed by atoms with Crippen LogP contribution in [0.15, 0.2) is 261 Å². The van der Waals surface area contributed by atoms with Gasteiger partial charge in [-0.15, -0.1) is 10.2 Å². The van der Waals surface area contributed by atoms with E-state index in [0.29, 0.717) is 0 Å². The highest BCUT2D eigenvalue weighted by molar-refractivity contribution is 6.11. The van der Waals surface area contributed by atoms with Crippen molar-refractivity contribution in [1.29, 1.82) is 0 Å². The second-order valence-corrected chi connectivity index (χ2v) is 18.0. The largest absolute Gasteiger partial charge is 0.294 e. The predicted octanol–water partition coefficient (Wildman–Crippen LogP) is 16.3. The zero-order valence-electron chi connectivity index (χ0n) is 39.7. The Hall–Kier alpha value is -9.98. The van der Waals surface area contributed by atoms with Crippen molar-refractivity contribution in [2.24, 2.45) is 0 Å². The van der Waals surface area contributed by atoms with Crippen LogP contribution in [0, 0.1) is 0 Å². The molecule has 7 heteroatoms. The van der Waals surface area contributed by atoms with E-state index in [9.17, 15) is 0 Å². The normalized spacial score (nSPS) is 11.8. The summed E-state index contributed by atoms with van der Waals surface area (Å²) in [6.45, 7) is 3.83. The standard InChI is InChI=1S/C66H45N7/c1-2-3-4-9-22-45-39-57(47-25-12-6-13-26-47)67-63(40-45)72-60-34-21-19-32-54(60)56-41-49(36-38-61(56)72)65-69-70-66(71(65)52-29-16-8-17-30-52)50-35-37-55-53-31-18-20-33-59(53)73(62(55)43-50)64-44-51(46-23-10-5-11-24-46)42-58(68-64)48-27-14-7-15-28-48/h2-44H,1H2/b4-3-,22-9+. The number of allylic oxidation sites excluding steroid dienone is 4. The topological polar surface area (TPSA) is 66.3 Å². The summed E-state index contributed by atoms with van der Waals surface area (Å²) >= 11 is 0. The lowest BCUT2D eigenvalue weighted by molar-refractivity contribution is 1.07. The Kier molecular flexibility index (Phi) is 10.9. The molecule has 344 valence electrons. The summed E-state index contributed by atoms with van der Waals surface area (Å²) < 4.78 is 6.75. The minimum atomic E-state index is 0.726. The van der Waals surface area contributed by atoms with Gasteiger partial charge >= 0.3 is 0 Å². The molecule has 0 N–H and O–H groups in total. The highest BCUT2D eigenvalue weighted by atomic mass is 15.3. The molecule has 0 amide bonds. The van der Waals surface area contributed by atoms with E-state index >= 15 is 0 Å². The Morgan fingerprint density at radius 3 is 1.49 bits per heavy atom. The van der Waals surface area contributed by atoms with Crippen molar-refractivity contribution in [2.75, 3.05) is 0 Å². The third kappa shape index (κ3) is 7.82. The molecule has 0 aliphatic heterocycles. The molecule has 13 aromatic rings. The van der Waals surface area contributed by atoms with Crippen LogP contribution in [-0.4, -0.2) is 33.9 Å². The van der Waals surface area contributed by atoms with Gasteiger partial charge in [-0.25, -0.2) is 9.97 Å². The highest BCUT2D eigenvalue weighted by Crippen LogP contribution is 2.40. The van der Waals surface area contributed by atoms with Gasteiger partial charge in [0.25, 0.3) is 0 Å². The Bertz CT molecular complexity index is 4200. The molecule has 0 aliphatic rings. The second kappa shape index (κ2) is 18.4. The predicted molar refractivity (Wildman–Crippen MR) is 301 cm³/mol. The summed E-state index contributed by atoms with van der Waals surface area (Å²) in [5.41, 5.74) is 14.1. The van der Waals surface area contributed by atoms with Crippen LogP contribution in [-0.2, 0) is 0 Å². The van der Waals surface area contributed by atoms with E-state index in [1.165, 1.54) is 0 Å². The quantitative estimate of drug-likeness (QED) is 0.121. The van der Waals surface area contributed by atoms with E-state index in [2.05, 4.69) is 239 Å². The first kappa shape index (κ1) is 43.1. The van der Waals surface area contributed by atoms with Crippen LogP contribution in [0.1, 0.15) is 5.56 Å². The Labute approximate surface area is 422 Å². The van der Waals surface area contributed by atoms with E-state index in [1.807, 2.05) is 36.4 Å². The smallest absolute Gasteiger partial charge is 0.168 e. The number of rotatable bonds is 11. The van der Waals surface area contributed by atoms with Crippen molar-refractivity contribution < 1.29 is 0 Å². The summed E-state index contributed by atoms with van der Waals surface area (Å²) in [5, 5.41) is 14.5. The number of pyridine rings is 2. The van der Waals surface area contributed by atoms with Gasteiger partial charge in [0, 0.05) is 49.5 Å². The number of fused-ring (bicyclic) bond motifs is 6. The van der Waals surface area contributed by atoms with Crippen LogP contribution in [0.2, 0.25) is 0 Å². The first-order valence-corrected chi connectivity index (χ1v) is 24.4. The molecule has 0 bridgehead atoms. The maximum atomic E-state index is 5.41. The SMILES string of the molecule is C=C/C=C\C=C\c1cc(-c2ccccc2)nc(-n2c3ccccc3c3cc(-c4nnc(-c5ccc6c7ccccc7n(-c7cc(-c8ccccc8)cc(-c8ccccc8)n7)c6c5)n4-c4ccccc4)ccc32)c1. The molecule has 0 aliphatic carbocycles. The molecular formula is C66H45N7. The lowest BCUT2D eigenvalue weighted by atomic mass is 10.0.